The molecule has 0 aliphatic heterocycles. The third-order valence-electron chi connectivity index (χ3n) is 4.62. The molecule has 3 rings (SSSR count). The second kappa shape index (κ2) is 10.8. The highest BCUT2D eigenvalue weighted by atomic mass is 35.5. The van der Waals surface area contributed by atoms with Crippen LogP contribution in [0.25, 0.3) is 5.69 Å². The minimum atomic E-state index is -0.724. The van der Waals surface area contributed by atoms with Crippen molar-refractivity contribution in [2.45, 2.75) is 33.0 Å². The van der Waals surface area contributed by atoms with Gasteiger partial charge in [0, 0.05) is 25.9 Å². The molecule has 2 aromatic heterocycles. The first-order chi connectivity index (χ1) is 15.7. The number of rotatable bonds is 8. The molecule has 174 valence electrons. The molecule has 0 aliphatic carbocycles. The number of benzene rings is 1. The Balaban J connectivity index is 1.95. The fourth-order valence-corrected chi connectivity index (χ4v) is 3.82. The van der Waals surface area contributed by atoms with Crippen LogP contribution in [0, 0.1) is 0 Å². The molecular formula is C22H24Cl2N6O3. The molecule has 0 unspecified atom stereocenters. The number of nitrogens with one attached hydrogen (secondary N) is 2. The van der Waals surface area contributed by atoms with E-state index in [0.717, 1.165) is 15.7 Å². The van der Waals surface area contributed by atoms with Crippen molar-refractivity contribution in [3.05, 3.63) is 74.0 Å². The number of carbonyl (C=O) groups is 1. The van der Waals surface area contributed by atoms with E-state index in [0.29, 0.717) is 24.9 Å². The van der Waals surface area contributed by atoms with Crippen LogP contribution in [-0.2, 0) is 17.9 Å². The zero-order valence-corrected chi connectivity index (χ0v) is 19.9. The van der Waals surface area contributed by atoms with Crippen molar-refractivity contribution in [3.8, 4) is 5.69 Å². The Bertz CT molecular complexity index is 1210. The molecule has 0 fully saturated rings. The molecule has 11 heteroatoms. The summed E-state index contributed by atoms with van der Waals surface area (Å²) in [6.07, 6.45) is 4.34. The monoisotopic (exact) mass is 490 g/mol. The molecule has 0 aliphatic rings. The molecule has 3 aromatic rings. The van der Waals surface area contributed by atoms with Crippen molar-refractivity contribution in [3.63, 3.8) is 0 Å². The number of halogens is 2. The second-order valence-corrected chi connectivity index (χ2v) is 8.41. The quantitative estimate of drug-likeness (QED) is 0.441. The lowest BCUT2D eigenvalue weighted by Gasteiger charge is -2.14. The summed E-state index contributed by atoms with van der Waals surface area (Å²) in [5, 5.41) is 6.32. The smallest absolute Gasteiger partial charge is 0.273 e. The molecule has 9 nitrogen and oxygen atoms in total. The van der Waals surface area contributed by atoms with Gasteiger partial charge in [0.15, 0.2) is 0 Å². The predicted molar refractivity (Wildman–Crippen MR) is 129 cm³/mol. The van der Waals surface area contributed by atoms with Crippen molar-refractivity contribution >= 4 is 40.6 Å². The van der Waals surface area contributed by atoms with Gasteiger partial charge in [-0.3, -0.25) is 19.1 Å². The maximum atomic E-state index is 13.2. The number of amides is 1. The van der Waals surface area contributed by atoms with E-state index in [-0.39, 0.29) is 27.1 Å². The lowest BCUT2D eigenvalue weighted by Crippen LogP contribution is -2.31. The van der Waals surface area contributed by atoms with Crippen LogP contribution in [0.2, 0.25) is 10.0 Å². The lowest BCUT2D eigenvalue weighted by atomic mass is 10.2. The van der Waals surface area contributed by atoms with Gasteiger partial charge in [0.05, 0.1) is 34.2 Å². The minimum absolute atomic E-state index is 0.188. The van der Waals surface area contributed by atoms with Gasteiger partial charge in [0.1, 0.15) is 17.7 Å². The Hall–Kier alpha value is -2.98. The number of carbonyl (C=O) groups excluding carboxylic acids is 1. The summed E-state index contributed by atoms with van der Waals surface area (Å²) >= 11 is 12.7. The van der Waals surface area contributed by atoms with Crippen LogP contribution in [0.15, 0.2) is 41.7 Å². The van der Waals surface area contributed by atoms with E-state index in [1.54, 1.807) is 31.5 Å². The van der Waals surface area contributed by atoms with Gasteiger partial charge in [0.2, 0.25) is 0 Å². The number of nitrogen functional groups attached to an aromatic ring is 1. The van der Waals surface area contributed by atoms with Gasteiger partial charge in [-0.25, -0.2) is 4.98 Å². The van der Waals surface area contributed by atoms with Crippen molar-refractivity contribution in [1.29, 1.82) is 0 Å². The van der Waals surface area contributed by atoms with Crippen LogP contribution >= 0.6 is 23.2 Å². The van der Waals surface area contributed by atoms with Crippen LogP contribution in [0.1, 0.15) is 35.3 Å². The average Bonchev–Trinajstić information content (AvgIpc) is 2.74. The zero-order chi connectivity index (χ0) is 24.1. The maximum Gasteiger partial charge on any atom is 0.273 e. The Kier molecular flexibility index (Phi) is 8.04. The molecule has 0 saturated heterocycles. The lowest BCUT2D eigenvalue weighted by molar-refractivity contribution is 0.102. The molecule has 2 heterocycles. The summed E-state index contributed by atoms with van der Waals surface area (Å²) in [6.45, 7) is 4.92. The van der Waals surface area contributed by atoms with E-state index in [1.165, 1.54) is 12.5 Å². The average molecular weight is 491 g/mol. The van der Waals surface area contributed by atoms with E-state index in [1.807, 2.05) is 13.8 Å². The first-order valence-electron chi connectivity index (χ1n) is 10.0. The number of hydrogen-bond donors (Lipinski definition) is 3. The summed E-state index contributed by atoms with van der Waals surface area (Å²) < 4.78 is 6.18. The maximum absolute atomic E-state index is 13.2. The Morgan fingerprint density at radius 2 is 1.88 bits per heavy atom. The van der Waals surface area contributed by atoms with Crippen LogP contribution in [0.5, 0.6) is 0 Å². The van der Waals surface area contributed by atoms with Gasteiger partial charge in [0.25, 0.3) is 11.5 Å². The molecule has 33 heavy (non-hydrogen) atoms. The van der Waals surface area contributed by atoms with E-state index in [4.69, 9.17) is 33.7 Å². The summed E-state index contributed by atoms with van der Waals surface area (Å²) in [5.41, 5.74) is 7.03. The highest BCUT2D eigenvalue weighted by Gasteiger charge is 2.21. The Morgan fingerprint density at radius 1 is 1.18 bits per heavy atom. The van der Waals surface area contributed by atoms with Gasteiger partial charge in [-0.2, -0.15) is 0 Å². The Labute approximate surface area is 200 Å². The van der Waals surface area contributed by atoms with Crippen molar-refractivity contribution in [2.24, 2.45) is 0 Å². The topological polar surface area (TPSA) is 124 Å². The van der Waals surface area contributed by atoms with Gasteiger partial charge in [-0.05, 0) is 29.3 Å². The molecular weight excluding hydrogens is 467 g/mol. The number of ether oxygens (including phenoxy) is 1. The highest BCUT2D eigenvalue weighted by molar-refractivity contribution is 6.37. The SMILES string of the molecule is COCc1cc(Cl)c(-n2cnc(N)c(C(=O)Nc3cncc(CNC(C)C)c3)c2=O)c(Cl)c1. The predicted octanol–water partition coefficient (Wildman–Crippen LogP) is 3.41. The normalized spacial score (nSPS) is 11.1. The van der Waals surface area contributed by atoms with Gasteiger partial charge < -0.3 is 21.1 Å². The van der Waals surface area contributed by atoms with Crippen molar-refractivity contribution < 1.29 is 9.53 Å². The van der Waals surface area contributed by atoms with Crippen molar-refractivity contribution in [1.82, 2.24) is 19.9 Å². The molecule has 1 aromatic carbocycles. The number of methoxy groups -OCH3 is 1. The summed E-state index contributed by atoms with van der Waals surface area (Å²) in [6, 6.07) is 5.29. The van der Waals surface area contributed by atoms with Crippen LogP contribution < -0.4 is 21.9 Å². The van der Waals surface area contributed by atoms with E-state index in [9.17, 15) is 9.59 Å². The largest absolute Gasteiger partial charge is 0.383 e. The fraction of sp³-hybridized carbons (Fsp3) is 0.273. The standard InChI is InChI=1S/C22H24Cl2N6O3/c1-12(2)27-8-14-4-15(9-26-7-14)29-21(31)18-20(25)28-11-30(22(18)32)19-16(23)5-13(10-33-3)6-17(19)24/h4-7,9,11-12,27H,8,10,25H2,1-3H3,(H,29,31). The molecule has 1 amide bonds. The zero-order valence-electron chi connectivity index (χ0n) is 18.4. The minimum Gasteiger partial charge on any atom is -0.383 e. The second-order valence-electron chi connectivity index (χ2n) is 7.59. The van der Waals surface area contributed by atoms with Gasteiger partial charge in [-0.15, -0.1) is 0 Å². The van der Waals surface area contributed by atoms with Gasteiger partial charge in [-0.1, -0.05) is 37.0 Å². The van der Waals surface area contributed by atoms with Crippen LogP contribution in [0.3, 0.4) is 0 Å². The number of anilines is 2. The summed E-state index contributed by atoms with van der Waals surface area (Å²) in [4.78, 5) is 34.3. The first-order valence-corrected chi connectivity index (χ1v) is 10.8. The molecule has 0 saturated carbocycles. The van der Waals surface area contributed by atoms with Crippen LogP contribution in [-0.4, -0.2) is 33.6 Å². The van der Waals surface area contributed by atoms with E-state index in [2.05, 4.69) is 20.6 Å². The first kappa shape index (κ1) is 24.7. The summed E-state index contributed by atoms with van der Waals surface area (Å²) in [7, 11) is 1.54. The molecule has 4 N–H and O–H groups in total. The third-order valence-corrected chi connectivity index (χ3v) is 5.20. The fourth-order valence-electron chi connectivity index (χ4n) is 3.11. The van der Waals surface area contributed by atoms with Gasteiger partial charge >= 0.3 is 0 Å². The molecule has 0 atom stereocenters. The number of nitrogens with two attached hydrogens (primary N) is 1. The number of nitrogens with zero attached hydrogens (tertiary/aromatic N) is 3. The molecule has 0 spiro atoms. The number of aromatic nitrogens is 3. The van der Waals surface area contributed by atoms with E-state index >= 15 is 0 Å². The van der Waals surface area contributed by atoms with Crippen molar-refractivity contribution in [2.75, 3.05) is 18.2 Å². The number of hydrogen-bond acceptors (Lipinski definition) is 7. The number of pyridine rings is 1. The molecule has 0 radical (unpaired) electrons. The van der Waals surface area contributed by atoms with Crippen LogP contribution in [0.4, 0.5) is 11.5 Å². The summed E-state index contributed by atoms with van der Waals surface area (Å²) in [5.74, 6) is -0.944. The molecule has 0 bridgehead atoms. The highest BCUT2D eigenvalue weighted by Crippen LogP contribution is 2.30. The third kappa shape index (κ3) is 5.88. The Morgan fingerprint density at radius 3 is 2.52 bits per heavy atom. The van der Waals surface area contributed by atoms with E-state index < -0.39 is 11.5 Å².